The van der Waals surface area contributed by atoms with Crippen molar-refractivity contribution in [2.75, 3.05) is 11.9 Å². The van der Waals surface area contributed by atoms with Crippen molar-refractivity contribution >= 4 is 5.82 Å². The van der Waals surface area contributed by atoms with Crippen molar-refractivity contribution in [2.24, 2.45) is 5.92 Å². The number of nitrogens with one attached hydrogen (secondary N) is 1. The van der Waals surface area contributed by atoms with E-state index < -0.39 is 0 Å². The van der Waals surface area contributed by atoms with Crippen LogP contribution in [0.25, 0.3) is 0 Å². The molecule has 2 aromatic rings. The zero-order chi connectivity index (χ0) is 15.2. The Hall–Kier alpha value is -2.10. The number of hydrogen-bond acceptors (Lipinski definition) is 3. The van der Waals surface area contributed by atoms with E-state index in [1.807, 2.05) is 0 Å². The molecule has 0 unspecified atom stereocenters. The lowest BCUT2D eigenvalue weighted by Gasteiger charge is -2.11. The van der Waals surface area contributed by atoms with Crippen LogP contribution < -0.4 is 10.9 Å². The fourth-order valence-electron chi connectivity index (χ4n) is 2.30. The second-order valence-electron chi connectivity index (χ2n) is 5.79. The number of aromatic nitrogens is 2. The van der Waals surface area contributed by atoms with Gasteiger partial charge < -0.3 is 9.88 Å². The van der Waals surface area contributed by atoms with Crippen LogP contribution in [0.5, 0.6) is 0 Å². The number of rotatable bonds is 6. The molecule has 0 bridgehead atoms. The molecule has 2 rings (SSSR count). The van der Waals surface area contributed by atoms with Crippen LogP contribution >= 0.6 is 0 Å². The van der Waals surface area contributed by atoms with Crippen LogP contribution in [0.1, 0.15) is 25.0 Å². The highest BCUT2D eigenvalue weighted by molar-refractivity contribution is 5.31. The summed E-state index contributed by atoms with van der Waals surface area (Å²) in [5.41, 5.74) is 2.47. The average molecular weight is 285 g/mol. The molecule has 21 heavy (non-hydrogen) atoms. The van der Waals surface area contributed by atoms with Crippen molar-refractivity contribution in [3.8, 4) is 0 Å². The maximum atomic E-state index is 12.2. The summed E-state index contributed by atoms with van der Waals surface area (Å²) in [5, 5.41) is 3.15. The highest BCUT2D eigenvalue weighted by Gasteiger charge is 2.05. The standard InChI is InChI=1S/C17H23N3O/c1-13(2)12-20-10-9-19-16(17(20)21)18-8-7-15-6-4-5-14(3)11-15/h4-6,9-11,13H,7-8,12H2,1-3H3,(H,18,19). The predicted octanol–water partition coefficient (Wildman–Crippen LogP) is 2.86. The van der Waals surface area contributed by atoms with E-state index in [1.54, 1.807) is 17.0 Å². The summed E-state index contributed by atoms with van der Waals surface area (Å²) >= 11 is 0. The van der Waals surface area contributed by atoms with E-state index in [4.69, 9.17) is 0 Å². The van der Waals surface area contributed by atoms with Gasteiger partial charge in [0.25, 0.3) is 5.56 Å². The molecule has 0 spiro atoms. The van der Waals surface area contributed by atoms with Crippen LogP contribution in [0.3, 0.4) is 0 Å². The van der Waals surface area contributed by atoms with Crippen LogP contribution in [0.4, 0.5) is 5.82 Å². The molecule has 0 saturated heterocycles. The van der Waals surface area contributed by atoms with E-state index in [9.17, 15) is 4.79 Å². The molecule has 0 aliphatic rings. The summed E-state index contributed by atoms with van der Waals surface area (Å²) in [6.45, 7) is 7.70. The zero-order valence-corrected chi connectivity index (χ0v) is 13.0. The van der Waals surface area contributed by atoms with Crippen LogP contribution in [0.2, 0.25) is 0 Å². The smallest absolute Gasteiger partial charge is 0.293 e. The van der Waals surface area contributed by atoms with Crippen LogP contribution in [0, 0.1) is 12.8 Å². The molecule has 1 heterocycles. The molecule has 1 aromatic carbocycles. The predicted molar refractivity (Wildman–Crippen MR) is 86.7 cm³/mol. The van der Waals surface area contributed by atoms with Gasteiger partial charge >= 0.3 is 0 Å². The Morgan fingerprint density at radius 2 is 2.14 bits per heavy atom. The van der Waals surface area contributed by atoms with Gasteiger partial charge in [0.1, 0.15) is 0 Å². The molecule has 0 atom stereocenters. The average Bonchev–Trinajstić information content (AvgIpc) is 2.42. The Kier molecular flexibility index (Phi) is 5.14. The molecule has 0 aliphatic carbocycles. The van der Waals surface area contributed by atoms with Gasteiger partial charge in [-0.15, -0.1) is 0 Å². The molecule has 4 heteroatoms. The van der Waals surface area contributed by atoms with Crippen LogP contribution in [-0.4, -0.2) is 16.1 Å². The van der Waals surface area contributed by atoms with Crippen LogP contribution in [0.15, 0.2) is 41.5 Å². The van der Waals surface area contributed by atoms with Gasteiger partial charge in [0.2, 0.25) is 0 Å². The molecule has 1 N–H and O–H groups in total. The molecule has 0 amide bonds. The van der Waals surface area contributed by atoms with E-state index in [0.717, 1.165) is 6.42 Å². The number of hydrogen-bond donors (Lipinski definition) is 1. The summed E-state index contributed by atoms with van der Waals surface area (Å²) in [6, 6.07) is 8.41. The first-order valence-corrected chi connectivity index (χ1v) is 7.41. The lowest BCUT2D eigenvalue weighted by Crippen LogP contribution is -2.26. The third-order valence-corrected chi connectivity index (χ3v) is 3.26. The summed E-state index contributed by atoms with van der Waals surface area (Å²) < 4.78 is 1.71. The van der Waals surface area contributed by atoms with Crippen molar-refractivity contribution in [1.82, 2.24) is 9.55 Å². The summed E-state index contributed by atoms with van der Waals surface area (Å²) in [7, 11) is 0. The maximum Gasteiger partial charge on any atom is 0.293 e. The van der Waals surface area contributed by atoms with Gasteiger partial charge in [0.15, 0.2) is 5.82 Å². The number of anilines is 1. The first-order valence-electron chi connectivity index (χ1n) is 7.41. The SMILES string of the molecule is Cc1cccc(CCNc2nccn(CC(C)C)c2=O)c1. The topological polar surface area (TPSA) is 46.9 Å². The third kappa shape index (κ3) is 4.45. The second kappa shape index (κ2) is 7.07. The number of nitrogens with zero attached hydrogens (tertiary/aromatic N) is 2. The van der Waals surface area contributed by atoms with Gasteiger partial charge in [-0.05, 0) is 24.8 Å². The lowest BCUT2D eigenvalue weighted by molar-refractivity contribution is 0.509. The van der Waals surface area contributed by atoms with E-state index in [1.165, 1.54) is 11.1 Å². The van der Waals surface area contributed by atoms with Gasteiger partial charge in [-0.25, -0.2) is 4.98 Å². The van der Waals surface area contributed by atoms with Crippen molar-refractivity contribution in [2.45, 2.75) is 33.7 Å². The van der Waals surface area contributed by atoms with Crippen molar-refractivity contribution in [3.63, 3.8) is 0 Å². The van der Waals surface area contributed by atoms with E-state index >= 15 is 0 Å². The first kappa shape index (κ1) is 15.3. The Morgan fingerprint density at radius 1 is 1.33 bits per heavy atom. The van der Waals surface area contributed by atoms with Crippen molar-refractivity contribution in [3.05, 3.63) is 58.1 Å². The van der Waals surface area contributed by atoms with Crippen molar-refractivity contribution < 1.29 is 0 Å². The number of benzene rings is 1. The minimum absolute atomic E-state index is 0.0459. The molecule has 0 aliphatic heterocycles. The largest absolute Gasteiger partial charge is 0.365 e. The fraction of sp³-hybridized carbons (Fsp3) is 0.412. The normalized spacial score (nSPS) is 10.9. The summed E-state index contributed by atoms with van der Waals surface area (Å²) in [5.74, 6) is 0.871. The minimum atomic E-state index is -0.0459. The Morgan fingerprint density at radius 3 is 2.86 bits per heavy atom. The van der Waals surface area contributed by atoms with Crippen molar-refractivity contribution in [1.29, 1.82) is 0 Å². The Bertz CT molecular complexity index is 646. The molecular formula is C17H23N3O. The minimum Gasteiger partial charge on any atom is -0.365 e. The summed E-state index contributed by atoms with van der Waals surface area (Å²) in [4.78, 5) is 16.4. The molecule has 0 saturated carbocycles. The van der Waals surface area contributed by atoms with E-state index in [-0.39, 0.29) is 5.56 Å². The van der Waals surface area contributed by atoms with Gasteiger partial charge in [-0.3, -0.25) is 4.79 Å². The molecular weight excluding hydrogens is 262 g/mol. The molecule has 0 radical (unpaired) electrons. The van der Waals surface area contributed by atoms with Gasteiger partial charge in [0, 0.05) is 25.5 Å². The van der Waals surface area contributed by atoms with Gasteiger partial charge in [-0.2, -0.15) is 0 Å². The van der Waals surface area contributed by atoms with E-state index in [0.29, 0.717) is 24.8 Å². The van der Waals surface area contributed by atoms with E-state index in [2.05, 4.69) is 55.3 Å². The highest BCUT2D eigenvalue weighted by Crippen LogP contribution is 2.05. The zero-order valence-electron chi connectivity index (χ0n) is 13.0. The molecule has 0 fully saturated rings. The Labute approximate surface area is 125 Å². The number of aryl methyl sites for hydroxylation is 1. The maximum absolute atomic E-state index is 12.2. The Balaban J connectivity index is 1.99. The highest BCUT2D eigenvalue weighted by atomic mass is 16.1. The molecule has 4 nitrogen and oxygen atoms in total. The third-order valence-electron chi connectivity index (χ3n) is 3.26. The summed E-state index contributed by atoms with van der Waals surface area (Å²) in [6.07, 6.45) is 4.30. The monoisotopic (exact) mass is 285 g/mol. The van der Waals surface area contributed by atoms with Gasteiger partial charge in [0.05, 0.1) is 0 Å². The second-order valence-corrected chi connectivity index (χ2v) is 5.79. The molecule has 112 valence electrons. The fourth-order valence-corrected chi connectivity index (χ4v) is 2.30. The van der Waals surface area contributed by atoms with Crippen LogP contribution in [-0.2, 0) is 13.0 Å². The van der Waals surface area contributed by atoms with Gasteiger partial charge in [-0.1, -0.05) is 43.7 Å². The molecule has 1 aromatic heterocycles. The quantitative estimate of drug-likeness (QED) is 0.887. The lowest BCUT2D eigenvalue weighted by atomic mass is 10.1. The first-order chi connectivity index (χ1) is 10.1.